The topological polar surface area (TPSA) is 120 Å². The Morgan fingerprint density at radius 1 is 1.42 bits per heavy atom. The van der Waals surface area contributed by atoms with Gasteiger partial charge in [0.15, 0.2) is 0 Å². The van der Waals surface area contributed by atoms with Crippen molar-refractivity contribution in [2.75, 3.05) is 32.8 Å². The molecule has 0 unspecified atom stereocenters. The average molecular weight is 274 g/mol. The SMILES string of the molecule is C[C@@H](ONC(=O)CCN1CCOCC1)[C@@H](N)C(N)=O. The molecule has 0 aliphatic carbocycles. The number of hydroxylamine groups is 1. The van der Waals surface area contributed by atoms with Crippen molar-refractivity contribution < 1.29 is 19.2 Å². The number of hydrogen-bond donors (Lipinski definition) is 3. The summed E-state index contributed by atoms with van der Waals surface area (Å²) in [4.78, 5) is 29.5. The third kappa shape index (κ3) is 5.97. The highest BCUT2D eigenvalue weighted by molar-refractivity contribution is 5.80. The Hall–Kier alpha value is -1.22. The minimum Gasteiger partial charge on any atom is -0.379 e. The van der Waals surface area contributed by atoms with E-state index in [2.05, 4.69) is 10.4 Å². The predicted octanol–water partition coefficient (Wildman–Crippen LogP) is -2.04. The van der Waals surface area contributed by atoms with Crippen LogP contribution in [-0.4, -0.2) is 61.7 Å². The van der Waals surface area contributed by atoms with E-state index in [-0.39, 0.29) is 5.91 Å². The van der Waals surface area contributed by atoms with E-state index in [1.165, 1.54) is 0 Å². The van der Waals surface area contributed by atoms with Crippen molar-refractivity contribution in [2.45, 2.75) is 25.5 Å². The predicted molar refractivity (Wildman–Crippen MR) is 67.7 cm³/mol. The van der Waals surface area contributed by atoms with Gasteiger partial charge >= 0.3 is 0 Å². The van der Waals surface area contributed by atoms with Gasteiger partial charge in [0.25, 0.3) is 0 Å². The van der Waals surface area contributed by atoms with Gasteiger partial charge in [-0.15, -0.1) is 0 Å². The highest BCUT2D eigenvalue weighted by atomic mass is 16.7. The molecule has 1 fully saturated rings. The molecule has 1 saturated heterocycles. The molecule has 0 saturated carbocycles. The summed E-state index contributed by atoms with van der Waals surface area (Å²) in [6.07, 6.45) is -0.344. The number of hydrogen-bond acceptors (Lipinski definition) is 6. The van der Waals surface area contributed by atoms with E-state index in [1.807, 2.05) is 0 Å². The number of carbonyl (C=O) groups excluding carboxylic acids is 2. The van der Waals surface area contributed by atoms with Crippen LogP contribution in [0.3, 0.4) is 0 Å². The van der Waals surface area contributed by atoms with Crippen molar-refractivity contribution in [3.8, 4) is 0 Å². The fourth-order valence-electron chi connectivity index (χ4n) is 1.60. The molecule has 0 aromatic heterocycles. The summed E-state index contributed by atoms with van der Waals surface area (Å²) in [7, 11) is 0. The van der Waals surface area contributed by atoms with Gasteiger partial charge < -0.3 is 16.2 Å². The van der Waals surface area contributed by atoms with Gasteiger partial charge in [-0.3, -0.25) is 19.3 Å². The molecule has 5 N–H and O–H groups in total. The first-order chi connectivity index (χ1) is 9.00. The van der Waals surface area contributed by atoms with Gasteiger partial charge in [-0.1, -0.05) is 0 Å². The molecule has 0 radical (unpaired) electrons. The van der Waals surface area contributed by atoms with E-state index >= 15 is 0 Å². The summed E-state index contributed by atoms with van der Waals surface area (Å²) in [5, 5.41) is 0. The first-order valence-electron chi connectivity index (χ1n) is 6.30. The van der Waals surface area contributed by atoms with Crippen molar-refractivity contribution in [2.24, 2.45) is 11.5 Å². The van der Waals surface area contributed by atoms with E-state index in [1.54, 1.807) is 6.92 Å². The van der Waals surface area contributed by atoms with Crippen LogP contribution in [0.25, 0.3) is 0 Å². The molecule has 2 amide bonds. The number of carbonyl (C=O) groups is 2. The summed E-state index contributed by atoms with van der Waals surface area (Å²) in [5.74, 6) is -0.926. The van der Waals surface area contributed by atoms with Crippen LogP contribution in [0.15, 0.2) is 0 Å². The van der Waals surface area contributed by atoms with E-state index in [4.69, 9.17) is 21.0 Å². The Kier molecular flexibility index (Phi) is 6.71. The van der Waals surface area contributed by atoms with E-state index in [0.717, 1.165) is 13.1 Å². The molecule has 8 heteroatoms. The van der Waals surface area contributed by atoms with Crippen molar-refractivity contribution in [1.29, 1.82) is 0 Å². The monoisotopic (exact) mass is 274 g/mol. The molecule has 2 atom stereocenters. The third-order valence-electron chi connectivity index (χ3n) is 2.95. The van der Waals surface area contributed by atoms with Gasteiger partial charge in [-0.05, 0) is 6.92 Å². The van der Waals surface area contributed by atoms with Crippen LogP contribution in [0.5, 0.6) is 0 Å². The standard InChI is InChI=1S/C11H22N4O4/c1-8(10(12)11(13)17)19-14-9(16)2-3-15-4-6-18-7-5-15/h8,10H,2-7,12H2,1H3,(H2,13,17)(H,14,16)/t8-,10-/m1/s1. The first kappa shape index (κ1) is 15.8. The van der Waals surface area contributed by atoms with Crippen molar-refractivity contribution >= 4 is 11.8 Å². The lowest BCUT2D eigenvalue weighted by atomic mass is 10.2. The molecule has 0 bridgehead atoms. The fourth-order valence-corrected chi connectivity index (χ4v) is 1.60. The summed E-state index contributed by atoms with van der Waals surface area (Å²) in [5.41, 5.74) is 12.8. The van der Waals surface area contributed by atoms with Gasteiger partial charge in [-0.25, -0.2) is 5.48 Å². The lowest BCUT2D eigenvalue weighted by Crippen LogP contribution is -2.48. The second-order valence-corrected chi connectivity index (χ2v) is 4.48. The number of rotatable bonds is 7. The maximum Gasteiger partial charge on any atom is 0.244 e. The van der Waals surface area contributed by atoms with Crippen LogP contribution in [0, 0.1) is 0 Å². The normalized spacial score (nSPS) is 19.7. The van der Waals surface area contributed by atoms with Crippen LogP contribution in [0.1, 0.15) is 13.3 Å². The lowest BCUT2D eigenvalue weighted by molar-refractivity contribution is -0.142. The molecule has 19 heavy (non-hydrogen) atoms. The first-order valence-corrected chi connectivity index (χ1v) is 6.30. The maximum atomic E-state index is 11.5. The largest absolute Gasteiger partial charge is 0.379 e. The molecule has 0 aromatic rings. The zero-order chi connectivity index (χ0) is 14.3. The molecule has 1 heterocycles. The number of amides is 2. The number of nitrogens with two attached hydrogens (primary N) is 2. The third-order valence-corrected chi connectivity index (χ3v) is 2.95. The minimum absolute atomic E-state index is 0.255. The van der Waals surface area contributed by atoms with Gasteiger partial charge in [0.2, 0.25) is 11.8 Å². The molecule has 1 aliphatic heterocycles. The van der Waals surface area contributed by atoms with Gasteiger partial charge in [0.1, 0.15) is 12.1 Å². The second kappa shape index (κ2) is 8.05. The maximum absolute atomic E-state index is 11.5. The zero-order valence-electron chi connectivity index (χ0n) is 11.1. The number of ether oxygens (including phenoxy) is 1. The zero-order valence-corrected chi connectivity index (χ0v) is 11.1. The highest BCUT2D eigenvalue weighted by Gasteiger charge is 2.20. The van der Waals surface area contributed by atoms with Crippen LogP contribution in [0.2, 0.25) is 0 Å². The summed E-state index contributed by atoms with van der Waals surface area (Å²) < 4.78 is 5.21. The Bertz CT molecular complexity index is 307. The molecule has 1 rings (SSSR count). The summed E-state index contributed by atoms with van der Waals surface area (Å²) >= 11 is 0. The van der Waals surface area contributed by atoms with Crippen molar-refractivity contribution in [3.63, 3.8) is 0 Å². The molecular formula is C11H22N4O4. The van der Waals surface area contributed by atoms with Crippen LogP contribution < -0.4 is 16.9 Å². The Balaban J connectivity index is 2.15. The molecule has 0 spiro atoms. The number of morpholine rings is 1. The number of nitrogens with one attached hydrogen (secondary N) is 1. The quantitative estimate of drug-likeness (QED) is 0.460. The lowest BCUT2D eigenvalue weighted by Gasteiger charge is -2.26. The van der Waals surface area contributed by atoms with Crippen LogP contribution in [0.4, 0.5) is 0 Å². The molecule has 1 aliphatic rings. The summed E-state index contributed by atoms with van der Waals surface area (Å²) in [6.45, 7) is 5.27. The number of nitrogens with zero attached hydrogens (tertiary/aromatic N) is 1. The van der Waals surface area contributed by atoms with Crippen LogP contribution in [-0.2, 0) is 19.2 Å². The molecule has 8 nitrogen and oxygen atoms in total. The Labute approximate surface area is 112 Å². The Morgan fingerprint density at radius 3 is 2.63 bits per heavy atom. The summed E-state index contributed by atoms with van der Waals surface area (Å²) in [6, 6.07) is -0.945. The molecular weight excluding hydrogens is 252 g/mol. The minimum atomic E-state index is -0.945. The van der Waals surface area contributed by atoms with Gasteiger partial charge in [0, 0.05) is 26.1 Å². The average Bonchev–Trinajstić information content (AvgIpc) is 2.42. The molecule has 110 valence electrons. The van der Waals surface area contributed by atoms with Gasteiger partial charge in [0.05, 0.1) is 13.2 Å². The smallest absolute Gasteiger partial charge is 0.244 e. The van der Waals surface area contributed by atoms with Crippen LogP contribution >= 0.6 is 0 Å². The van der Waals surface area contributed by atoms with E-state index in [9.17, 15) is 9.59 Å². The van der Waals surface area contributed by atoms with Gasteiger partial charge in [-0.2, -0.15) is 0 Å². The van der Waals surface area contributed by atoms with E-state index in [0.29, 0.717) is 26.2 Å². The Morgan fingerprint density at radius 2 is 2.05 bits per heavy atom. The molecule has 0 aromatic carbocycles. The fraction of sp³-hybridized carbons (Fsp3) is 0.818. The highest BCUT2D eigenvalue weighted by Crippen LogP contribution is 1.98. The second-order valence-electron chi connectivity index (χ2n) is 4.48. The van der Waals surface area contributed by atoms with E-state index < -0.39 is 18.1 Å². The number of primary amides is 1. The van der Waals surface area contributed by atoms with Crippen molar-refractivity contribution in [3.05, 3.63) is 0 Å². The van der Waals surface area contributed by atoms with Crippen molar-refractivity contribution in [1.82, 2.24) is 10.4 Å².